The molecular formula is C23H29ClN2O3. The molecule has 0 aliphatic heterocycles. The number of ether oxygens (including phenoxy) is 1. The van der Waals surface area contributed by atoms with E-state index in [9.17, 15) is 9.59 Å². The van der Waals surface area contributed by atoms with Gasteiger partial charge in [-0.05, 0) is 57.9 Å². The van der Waals surface area contributed by atoms with Gasteiger partial charge in [0.2, 0.25) is 5.91 Å². The molecule has 0 bridgehead atoms. The van der Waals surface area contributed by atoms with Gasteiger partial charge in [-0.3, -0.25) is 9.59 Å². The van der Waals surface area contributed by atoms with Crippen LogP contribution in [0.3, 0.4) is 0 Å². The number of carbonyl (C=O) groups is 2. The van der Waals surface area contributed by atoms with E-state index in [1.807, 2.05) is 64.1 Å². The third-order valence-corrected chi connectivity index (χ3v) is 4.95. The Balaban J connectivity index is 2.19. The molecule has 29 heavy (non-hydrogen) atoms. The number of nitrogens with one attached hydrogen (secondary N) is 1. The van der Waals surface area contributed by atoms with E-state index >= 15 is 0 Å². The van der Waals surface area contributed by atoms with Crippen LogP contribution in [0.4, 0.5) is 0 Å². The lowest BCUT2D eigenvalue weighted by Gasteiger charge is -2.29. The van der Waals surface area contributed by atoms with E-state index < -0.39 is 6.04 Å². The molecule has 1 atom stereocenters. The minimum atomic E-state index is -0.663. The first-order valence-electron chi connectivity index (χ1n) is 9.72. The Kier molecular flexibility index (Phi) is 8.09. The smallest absolute Gasteiger partial charge is 0.261 e. The van der Waals surface area contributed by atoms with E-state index in [1.165, 1.54) is 4.90 Å². The number of aryl methyl sites for hydroxylation is 2. The van der Waals surface area contributed by atoms with Crippen LogP contribution in [0, 0.1) is 13.8 Å². The maximum Gasteiger partial charge on any atom is 0.261 e. The Hall–Kier alpha value is -2.53. The topological polar surface area (TPSA) is 58.6 Å². The van der Waals surface area contributed by atoms with E-state index in [4.69, 9.17) is 16.3 Å². The van der Waals surface area contributed by atoms with Gasteiger partial charge in [0.25, 0.3) is 5.91 Å². The Morgan fingerprint density at radius 2 is 1.79 bits per heavy atom. The molecule has 0 fully saturated rings. The normalized spacial score (nSPS) is 11.8. The molecule has 2 aromatic rings. The summed E-state index contributed by atoms with van der Waals surface area (Å²) in [5, 5.41) is 3.41. The molecule has 156 valence electrons. The average molecular weight is 417 g/mol. The molecule has 0 aliphatic carbocycles. The fraction of sp³-hybridized carbons (Fsp3) is 0.391. The highest BCUT2D eigenvalue weighted by Gasteiger charge is 2.27. The molecule has 2 aromatic carbocycles. The highest BCUT2D eigenvalue weighted by atomic mass is 35.5. The first-order chi connectivity index (χ1) is 13.7. The lowest BCUT2D eigenvalue weighted by Crippen LogP contribution is -2.50. The minimum absolute atomic E-state index is 0.0197. The summed E-state index contributed by atoms with van der Waals surface area (Å²) in [5.74, 6) is 0.157. The van der Waals surface area contributed by atoms with E-state index in [2.05, 4.69) is 5.32 Å². The number of rotatable bonds is 8. The average Bonchev–Trinajstić information content (AvgIpc) is 2.65. The summed E-state index contributed by atoms with van der Waals surface area (Å²) in [6.45, 7) is 9.48. The van der Waals surface area contributed by atoms with Crippen LogP contribution < -0.4 is 10.1 Å². The fourth-order valence-electron chi connectivity index (χ4n) is 2.98. The zero-order valence-corrected chi connectivity index (χ0v) is 18.4. The van der Waals surface area contributed by atoms with Crippen LogP contribution in [-0.2, 0) is 16.1 Å². The first-order valence-corrected chi connectivity index (χ1v) is 10.1. The maximum atomic E-state index is 13.0. The Labute approximate surface area is 178 Å². The van der Waals surface area contributed by atoms with Crippen molar-refractivity contribution < 1.29 is 14.3 Å². The molecule has 0 radical (unpaired) electrons. The molecule has 6 heteroatoms. The molecule has 1 unspecified atom stereocenters. The van der Waals surface area contributed by atoms with Crippen molar-refractivity contribution in [3.8, 4) is 5.75 Å². The minimum Gasteiger partial charge on any atom is -0.483 e. The summed E-state index contributed by atoms with van der Waals surface area (Å²) in [6.07, 6.45) is 0. The number of halogens is 1. The van der Waals surface area contributed by atoms with Crippen LogP contribution in [0.15, 0.2) is 42.5 Å². The van der Waals surface area contributed by atoms with Crippen molar-refractivity contribution in [2.45, 2.75) is 53.2 Å². The molecular weight excluding hydrogens is 388 g/mol. The number of hydrogen-bond acceptors (Lipinski definition) is 3. The molecule has 0 aliphatic rings. The molecule has 2 amide bonds. The third-order valence-electron chi connectivity index (χ3n) is 4.58. The lowest BCUT2D eigenvalue weighted by molar-refractivity contribution is -0.142. The van der Waals surface area contributed by atoms with E-state index in [1.54, 1.807) is 13.0 Å². The zero-order chi connectivity index (χ0) is 21.6. The molecule has 0 saturated heterocycles. The molecule has 0 heterocycles. The second-order valence-electron chi connectivity index (χ2n) is 7.51. The molecule has 0 spiro atoms. The highest BCUT2D eigenvalue weighted by molar-refractivity contribution is 6.31. The van der Waals surface area contributed by atoms with Crippen LogP contribution in [0.2, 0.25) is 5.02 Å². The summed E-state index contributed by atoms with van der Waals surface area (Å²) >= 11 is 6.28. The van der Waals surface area contributed by atoms with Gasteiger partial charge in [0.05, 0.1) is 0 Å². The van der Waals surface area contributed by atoms with Gasteiger partial charge in [-0.15, -0.1) is 0 Å². The van der Waals surface area contributed by atoms with Gasteiger partial charge in [-0.2, -0.15) is 0 Å². The summed E-state index contributed by atoms with van der Waals surface area (Å²) in [4.78, 5) is 27.1. The zero-order valence-electron chi connectivity index (χ0n) is 17.7. The molecule has 0 saturated carbocycles. The monoisotopic (exact) mass is 416 g/mol. The SMILES string of the molecule is Cc1ccc(OCC(=O)N(Cc2ccccc2Cl)C(C)C(=O)NC(C)C)c(C)c1. The van der Waals surface area contributed by atoms with Crippen LogP contribution in [0.5, 0.6) is 5.75 Å². The Bertz CT molecular complexity index is 867. The van der Waals surface area contributed by atoms with Crippen molar-refractivity contribution in [2.75, 3.05) is 6.61 Å². The second kappa shape index (κ2) is 10.3. The van der Waals surface area contributed by atoms with E-state index in [0.717, 1.165) is 16.7 Å². The van der Waals surface area contributed by atoms with Crippen molar-refractivity contribution >= 4 is 23.4 Å². The molecule has 5 nitrogen and oxygen atoms in total. The number of amides is 2. The highest BCUT2D eigenvalue weighted by Crippen LogP contribution is 2.21. The van der Waals surface area contributed by atoms with E-state index in [-0.39, 0.29) is 31.0 Å². The van der Waals surface area contributed by atoms with Gasteiger partial charge in [0.1, 0.15) is 11.8 Å². The molecule has 2 rings (SSSR count). The van der Waals surface area contributed by atoms with Crippen molar-refractivity contribution in [2.24, 2.45) is 0 Å². The number of nitrogens with zero attached hydrogens (tertiary/aromatic N) is 1. The van der Waals surface area contributed by atoms with Crippen molar-refractivity contribution in [1.29, 1.82) is 0 Å². The second-order valence-corrected chi connectivity index (χ2v) is 7.92. The lowest BCUT2D eigenvalue weighted by atomic mass is 10.1. The van der Waals surface area contributed by atoms with Gasteiger partial charge in [0, 0.05) is 17.6 Å². The van der Waals surface area contributed by atoms with Gasteiger partial charge >= 0.3 is 0 Å². The quantitative estimate of drug-likeness (QED) is 0.698. The number of carbonyl (C=O) groups excluding carboxylic acids is 2. The summed E-state index contributed by atoms with van der Waals surface area (Å²) in [7, 11) is 0. The van der Waals surface area contributed by atoms with Crippen LogP contribution >= 0.6 is 11.6 Å². The van der Waals surface area contributed by atoms with Gasteiger partial charge in [-0.25, -0.2) is 0 Å². The van der Waals surface area contributed by atoms with Crippen molar-refractivity contribution in [3.05, 3.63) is 64.2 Å². The maximum absolute atomic E-state index is 13.0. The Morgan fingerprint density at radius 1 is 1.10 bits per heavy atom. The summed E-state index contributed by atoms with van der Waals surface area (Å²) < 4.78 is 5.76. The largest absolute Gasteiger partial charge is 0.483 e. The van der Waals surface area contributed by atoms with Crippen LogP contribution in [-0.4, -0.2) is 35.4 Å². The van der Waals surface area contributed by atoms with Gasteiger partial charge in [-0.1, -0.05) is 47.5 Å². The predicted molar refractivity (Wildman–Crippen MR) is 116 cm³/mol. The number of hydrogen-bond donors (Lipinski definition) is 1. The standard InChI is InChI=1S/C23H29ClN2O3/c1-15(2)25-23(28)18(5)26(13-19-8-6-7-9-20(19)24)22(27)14-29-21-11-10-16(3)12-17(21)4/h6-12,15,18H,13-14H2,1-5H3,(H,25,28). The van der Waals surface area contributed by atoms with Gasteiger partial charge < -0.3 is 15.0 Å². The summed E-state index contributed by atoms with van der Waals surface area (Å²) in [5.41, 5.74) is 2.86. The van der Waals surface area contributed by atoms with Crippen molar-refractivity contribution in [1.82, 2.24) is 10.2 Å². The van der Waals surface area contributed by atoms with E-state index in [0.29, 0.717) is 10.8 Å². The predicted octanol–water partition coefficient (Wildman–Crippen LogP) is 4.28. The van der Waals surface area contributed by atoms with Crippen LogP contribution in [0.25, 0.3) is 0 Å². The fourth-order valence-corrected chi connectivity index (χ4v) is 3.18. The summed E-state index contributed by atoms with van der Waals surface area (Å²) in [6, 6.07) is 12.4. The van der Waals surface area contributed by atoms with Gasteiger partial charge in [0.15, 0.2) is 6.61 Å². The molecule has 1 N–H and O–H groups in total. The molecule has 0 aromatic heterocycles. The third kappa shape index (κ3) is 6.50. The Morgan fingerprint density at radius 3 is 2.41 bits per heavy atom. The van der Waals surface area contributed by atoms with Crippen molar-refractivity contribution in [3.63, 3.8) is 0 Å². The first kappa shape index (κ1) is 22.8. The number of benzene rings is 2. The van der Waals surface area contributed by atoms with Crippen LogP contribution in [0.1, 0.15) is 37.5 Å².